The monoisotopic (exact) mass is 385 g/mol. The number of nitrogens with zero attached hydrogens (tertiary/aromatic N) is 1. The summed E-state index contributed by atoms with van der Waals surface area (Å²) < 4.78 is 10.6. The van der Waals surface area contributed by atoms with Gasteiger partial charge in [0, 0.05) is 29.3 Å². The number of fused-ring (bicyclic) bond motifs is 1. The van der Waals surface area contributed by atoms with E-state index in [-0.39, 0.29) is 18.1 Å². The minimum atomic E-state index is -0.494. The van der Waals surface area contributed by atoms with Gasteiger partial charge in [-0.2, -0.15) is 0 Å². The molecule has 0 saturated carbocycles. The Morgan fingerprint density at radius 3 is 2.70 bits per heavy atom. The van der Waals surface area contributed by atoms with Crippen molar-refractivity contribution in [1.29, 1.82) is 0 Å². The van der Waals surface area contributed by atoms with Crippen molar-refractivity contribution in [2.24, 2.45) is 4.99 Å². The Kier molecular flexibility index (Phi) is 5.81. The second-order valence-electron chi connectivity index (χ2n) is 6.07. The predicted octanol–water partition coefficient (Wildman–Crippen LogP) is 4.94. The van der Waals surface area contributed by atoms with E-state index in [9.17, 15) is 9.90 Å². The molecule has 0 saturated heterocycles. The highest BCUT2D eigenvalue weighted by molar-refractivity contribution is 6.38. The van der Waals surface area contributed by atoms with E-state index in [0.29, 0.717) is 28.1 Å². The van der Waals surface area contributed by atoms with Crippen LogP contribution in [0.25, 0.3) is 11.0 Å². The van der Waals surface area contributed by atoms with Crippen LogP contribution in [-0.4, -0.2) is 30.4 Å². The molecular formula is C21H20ClNO4. The Morgan fingerprint density at radius 2 is 2.00 bits per heavy atom. The lowest BCUT2D eigenvalue weighted by Gasteiger charge is -2.01. The summed E-state index contributed by atoms with van der Waals surface area (Å²) in [4.78, 5) is 16.4. The van der Waals surface area contributed by atoms with Gasteiger partial charge >= 0.3 is 5.97 Å². The summed E-state index contributed by atoms with van der Waals surface area (Å²) in [7, 11) is 0. The number of aryl methyl sites for hydroxylation is 1. The zero-order valence-corrected chi connectivity index (χ0v) is 15.9. The molecule has 6 heteroatoms. The number of ether oxygens (including phenoxy) is 1. The molecule has 1 N–H and O–H groups in total. The number of hydrogen-bond acceptors (Lipinski definition) is 5. The third-order valence-corrected chi connectivity index (χ3v) is 4.63. The van der Waals surface area contributed by atoms with E-state index >= 15 is 0 Å². The minimum absolute atomic E-state index is 0.176. The van der Waals surface area contributed by atoms with Crippen molar-refractivity contribution < 1.29 is 19.1 Å². The fourth-order valence-corrected chi connectivity index (χ4v) is 3.17. The molecule has 2 aromatic carbocycles. The van der Waals surface area contributed by atoms with Gasteiger partial charge in [0.25, 0.3) is 0 Å². The van der Waals surface area contributed by atoms with Gasteiger partial charge in [-0.05, 0) is 50.1 Å². The molecule has 0 radical (unpaired) electrons. The van der Waals surface area contributed by atoms with Gasteiger partial charge in [0.15, 0.2) is 0 Å². The molecule has 1 aromatic heterocycles. The molecule has 0 aliphatic rings. The van der Waals surface area contributed by atoms with E-state index < -0.39 is 5.97 Å². The lowest BCUT2D eigenvalue weighted by Crippen LogP contribution is -2.04. The van der Waals surface area contributed by atoms with E-state index in [2.05, 4.69) is 4.99 Å². The first-order chi connectivity index (χ1) is 13.0. The third kappa shape index (κ3) is 4.14. The summed E-state index contributed by atoms with van der Waals surface area (Å²) in [6.45, 7) is 4.41. The fraction of sp³-hybridized carbons (Fsp3) is 0.238. The van der Waals surface area contributed by atoms with Gasteiger partial charge in [-0.3, -0.25) is 4.99 Å². The second kappa shape index (κ2) is 8.27. The van der Waals surface area contributed by atoms with Crippen LogP contribution in [0.1, 0.15) is 34.2 Å². The second-order valence-corrected chi connectivity index (χ2v) is 6.45. The average Bonchev–Trinajstić information content (AvgIpc) is 2.99. The van der Waals surface area contributed by atoms with Gasteiger partial charge in [-0.15, -0.1) is 0 Å². The van der Waals surface area contributed by atoms with Crippen molar-refractivity contribution >= 4 is 34.8 Å². The predicted molar refractivity (Wildman–Crippen MR) is 106 cm³/mol. The summed E-state index contributed by atoms with van der Waals surface area (Å²) in [5, 5.41) is 10.5. The standard InChI is InChI=1S/C21H20ClNO4/c1-3-26-21(25)20-13(2)18-17(27-20)9-6-15(19(18)22)12-23-11-10-14-4-7-16(24)8-5-14/h4-9,12,24H,3,10-11H2,1-2H3. The van der Waals surface area contributed by atoms with Gasteiger partial charge in [-0.25, -0.2) is 4.79 Å². The Morgan fingerprint density at radius 1 is 1.26 bits per heavy atom. The molecule has 5 nitrogen and oxygen atoms in total. The molecule has 140 valence electrons. The number of carbonyl (C=O) groups excluding carboxylic acids is 1. The van der Waals surface area contributed by atoms with E-state index in [4.69, 9.17) is 20.8 Å². The molecule has 3 aromatic rings. The van der Waals surface area contributed by atoms with Crippen LogP contribution in [0.2, 0.25) is 5.02 Å². The van der Waals surface area contributed by atoms with Gasteiger partial charge in [0.1, 0.15) is 11.3 Å². The Bertz CT molecular complexity index is 990. The molecule has 3 rings (SSSR count). The van der Waals surface area contributed by atoms with E-state index in [0.717, 1.165) is 17.5 Å². The molecule has 0 atom stereocenters. The first-order valence-electron chi connectivity index (χ1n) is 8.67. The number of carbonyl (C=O) groups is 1. The maximum absolute atomic E-state index is 12.0. The van der Waals surface area contributed by atoms with Crippen molar-refractivity contribution in [1.82, 2.24) is 0 Å². The van der Waals surface area contributed by atoms with Gasteiger partial charge in [0.05, 0.1) is 11.6 Å². The van der Waals surface area contributed by atoms with Crippen LogP contribution in [0.15, 0.2) is 45.8 Å². The first kappa shape index (κ1) is 19.0. The number of rotatable bonds is 6. The van der Waals surface area contributed by atoms with Crippen LogP contribution < -0.4 is 0 Å². The molecule has 27 heavy (non-hydrogen) atoms. The van der Waals surface area contributed by atoms with Crippen LogP contribution in [0, 0.1) is 6.92 Å². The summed E-state index contributed by atoms with van der Waals surface area (Å²) in [6.07, 6.45) is 2.48. The summed E-state index contributed by atoms with van der Waals surface area (Å²) in [5.74, 6) is -0.0680. The van der Waals surface area contributed by atoms with Crippen LogP contribution in [0.3, 0.4) is 0 Å². The summed E-state index contributed by atoms with van der Waals surface area (Å²) in [5.41, 5.74) is 3.06. The number of hydrogen-bond donors (Lipinski definition) is 1. The van der Waals surface area contributed by atoms with E-state index in [1.54, 1.807) is 38.3 Å². The Labute approximate surface area is 162 Å². The van der Waals surface area contributed by atoms with Crippen molar-refractivity contribution in [3.63, 3.8) is 0 Å². The maximum Gasteiger partial charge on any atom is 0.374 e. The van der Waals surface area contributed by atoms with Crippen LogP contribution in [0.4, 0.5) is 0 Å². The number of phenolic OH excluding ortho intramolecular Hbond substituents is 1. The lowest BCUT2D eigenvalue weighted by atomic mass is 10.1. The van der Waals surface area contributed by atoms with Crippen molar-refractivity contribution in [3.8, 4) is 5.75 Å². The summed E-state index contributed by atoms with van der Waals surface area (Å²) in [6, 6.07) is 10.6. The third-order valence-electron chi connectivity index (χ3n) is 4.22. The fourth-order valence-electron chi connectivity index (χ4n) is 2.82. The Hall–Kier alpha value is -2.79. The van der Waals surface area contributed by atoms with Crippen molar-refractivity contribution in [2.45, 2.75) is 20.3 Å². The van der Waals surface area contributed by atoms with Crippen molar-refractivity contribution in [3.05, 3.63) is 63.9 Å². The largest absolute Gasteiger partial charge is 0.508 e. The van der Waals surface area contributed by atoms with E-state index in [1.165, 1.54) is 0 Å². The molecule has 0 bridgehead atoms. The number of benzene rings is 2. The average molecular weight is 386 g/mol. The molecule has 0 fully saturated rings. The van der Waals surface area contributed by atoms with Crippen LogP contribution >= 0.6 is 11.6 Å². The number of esters is 1. The normalized spacial score (nSPS) is 11.4. The van der Waals surface area contributed by atoms with E-state index in [1.807, 2.05) is 18.2 Å². The summed E-state index contributed by atoms with van der Waals surface area (Å²) >= 11 is 6.52. The number of aliphatic imine (C=N–C) groups is 1. The topological polar surface area (TPSA) is 72.0 Å². The molecule has 0 aliphatic heterocycles. The highest BCUT2D eigenvalue weighted by Crippen LogP contribution is 2.33. The quantitative estimate of drug-likeness (QED) is 0.482. The Balaban J connectivity index is 1.78. The molecule has 1 heterocycles. The molecule has 0 amide bonds. The van der Waals surface area contributed by atoms with Crippen LogP contribution in [-0.2, 0) is 11.2 Å². The van der Waals surface area contributed by atoms with Crippen molar-refractivity contribution in [2.75, 3.05) is 13.2 Å². The molecule has 0 spiro atoms. The van der Waals surface area contributed by atoms with Gasteiger partial charge in [0.2, 0.25) is 5.76 Å². The first-order valence-corrected chi connectivity index (χ1v) is 9.05. The maximum atomic E-state index is 12.0. The zero-order valence-electron chi connectivity index (χ0n) is 15.2. The number of furan rings is 1. The number of phenols is 1. The number of halogens is 1. The molecular weight excluding hydrogens is 366 g/mol. The number of aromatic hydroxyl groups is 1. The minimum Gasteiger partial charge on any atom is -0.508 e. The van der Waals surface area contributed by atoms with Gasteiger partial charge < -0.3 is 14.3 Å². The SMILES string of the molecule is CCOC(=O)c1oc2ccc(C=NCCc3ccc(O)cc3)c(Cl)c2c1C. The zero-order chi connectivity index (χ0) is 19.4. The highest BCUT2D eigenvalue weighted by atomic mass is 35.5. The smallest absolute Gasteiger partial charge is 0.374 e. The van der Waals surface area contributed by atoms with Gasteiger partial charge in [-0.1, -0.05) is 23.7 Å². The molecule has 0 unspecified atom stereocenters. The lowest BCUT2D eigenvalue weighted by molar-refractivity contribution is 0.0491. The molecule has 0 aliphatic carbocycles. The van der Waals surface area contributed by atoms with Crippen LogP contribution in [0.5, 0.6) is 5.75 Å². The highest BCUT2D eigenvalue weighted by Gasteiger charge is 2.21.